The molecular formula is C22H28N2O5S2. The first kappa shape index (κ1) is 23.4. The van der Waals surface area contributed by atoms with Crippen molar-refractivity contribution in [2.45, 2.75) is 30.8 Å². The van der Waals surface area contributed by atoms with Crippen molar-refractivity contribution >= 4 is 27.7 Å². The number of nitrogens with zero attached hydrogens (tertiary/aromatic N) is 1. The molecule has 1 N–H and O–H groups in total. The highest BCUT2D eigenvalue weighted by atomic mass is 32.2. The Morgan fingerprint density at radius 2 is 1.81 bits per heavy atom. The van der Waals surface area contributed by atoms with Crippen LogP contribution < -0.4 is 14.2 Å². The summed E-state index contributed by atoms with van der Waals surface area (Å²) < 4.78 is 39.6. The van der Waals surface area contributed by atoms with E-state index >= 15 is 0 Å². The minimum Gasteiger partial charge on any atom is -0.486 e. The van der Waals surface area contributed by atoms with Crippen molar-refractivity contribution in [1.29, 1.82) is 0 Å². The molecule has 9 heteroatoms. The zero-order chi connectivity index (χ0) is 22.4. The lowest BCUT2D eigenvalue weighted by Crippen LogP contribution is -2.47. The Kier molecular flexibility index (Phi) is 7.85. The molecular weight excluding hydrogens is 436 g/mol. The predicted molar refractivity (Wildman–Crippen MR) is 122 cm³/mol. The van der Waals surface area contributed by atoms with Crippen LogP contribution in [0, 0.1) is 6.92 Å². The van der Waals surface area contributed by atoms with E-state index in [9.17, 15) is 13.2 Å². The number of aryl methyl sites for hydroxylation is 1. The minimum absolute atomic E-state index is 0.0416. The van der Waals surface area contributed by atoms with E-state index in [1.165, 1.54) is 12.1 Å². The van der Waals surface area contributed by atoms with Crippen molar-refractivity contribution in [3.05, 3.63) is 53.6 Å². The number of nitrogens with one attached hydrogen (secondary N) is 1. The summed E-state index contributed by atoms with van der Waals surface area (Å²) >= 11 is 1.56. The molecule has 1 heterocycles. The maximum absolute atomic E-state index is 13.1. The number of carbonyl (C=O) groups is 1. The molecule has 2 aromatic rings. The SMILES string of the molecule is CSCCC(NS(=O)(=O)c1ccc2c(c1)OCCO2)C(=O)N(C)Cc1ccc(C)cc1. The maximum Gasteiger partial charge on any atom is 0.241 e. The molecule has 1 unspecified atom stereocenters. The molecule has 0 aliphatic carbocycles. The lowest BCUT2D eigenvalue weighted by atomic mass is 10.1. The Balaban J connectivity index is 1.76. The third kappa shape index (κ3) is 6.15. The Bertz CT molecular complexity index is 1010. The molecule has 0 saturated heterocycles. The van der Waals surface area contributed by atoms with Crippen LogP contribution in [0.25, 0.3) is 0 Å². The molecule has 1 aliphatic rings. The van der Waals surface area contributed by atoms with Gasteiger partial charge in [0.2, 0.25) is 15.9 Å². The van der Waals surface area contributed by atoms with Crippen molar-refractivity contribution in [2.75, 3.05) is 32.3 Å². The van der Waals surface area contributed by atoms with Crippen molar-refractivity contribution < 1.29 is 22.7 Å². The number of likely N-dealkylation sites (N-methyl/N-ethyl adjacent to an activating group) is 1. The number of ether oxygens (including phenoxy) is 2. The molecule has 2 aromatic carbocycles. The molecule has 1 atom stereocenters. The molecule has 31 heavy (non-hydrogen) atoms. The van der Waals surface area contributed by atoms with Crippen LogP contribution in [0.4, 0.5) is 0 Å². The van der Waals surface area contributed by atoms with Gasteiger partial charge < -0.3 is 14.4 Å². The summed E-state index contributed by atoms with van der Waals surface area (Å²) in [6, 6.07) is 11.5. The standard InChI is InChI=1S/C22H28N2O5S2/c1-16-4-6-17(7-5-16)15-24(2)22(25)19(10-13-30-3)23-31(26,27)18-8-9-20-21(14-18)29-12-11-28-20/h4-9,14,19,23H,10-13,15H2,1-3H3. The summed E-state index contributed by atoms with van der Waals surface area (Å²) in [5.41, 5.74) is 2.13. The van der Waals surface area contributed by atoms with Gasteiger partial charge in [-0.05, 0) is 43.0 Å². The highest BCUT2D eigenvalue weighted by Crippen LogP contribution is 2.32. The zero-order valence-electron chi connectivity index (χ0n) is 18.0. The fourth-order valence-corrected chi connectivity index (χ4v) is 4.94. The number of amides is 1. The molecule has 0 bridgehead atoms. The van der Waals surface area contributed by atoms with Crippen LogP contribution in [0.5, 0.6) is 11.5 Å². The van der Waals surface area contributed by atoms with Crippen molar-refractivity contribution in [3.63, 3.8) is 0 Å². The predicted octanol–water partition coefficient (Wildman–Crippen LogP) is 2.82. The number of benzene rings is 2. The third-order valence-corrected chi connectivity index (χ3v) is 7.06. The highest BCUT2D eigenvalue weighted by Gasteiger charge is 2.28. The number of sulfonamides is 1. The Morgan fingerprint density at radius 1 is 1.13 bits per heavy atom. The first-order valence-corrected chi connectivity index (χ1v) is 12.9. The van der Waals surface area contributed by atoms with Crippen LogP contribution in [-0.4, -0.2) is 57.5 Å². The lowest BCUT2D eigenvalue weighted by Gasteiger charge is -2.25. The zero-order valence-corrected chi connectivity index (χ0v) is 19.6. The second-order valence-electron chi connectivity index (χ2n) is 7.44. The molecule has 1 amide bonds. The summed E-state index contributed by atoms with van der Waals surface area (Å²) in [5, 5.41) is 0. The summed E-state index contributed by atoms with van der Waals surface area (Å²) in [6.45, 7) is 3.20. The fourth-order valence-electron chi connectivity index (χ4n) is 3.23. The van der Waals surface area contributed by atoms with Crippen LogP contribution in [0.15, 0.2) is 47.4 Å². The molecule has 1 aliphatic heterocycles. The Labute approximate surface area is 188 Å². The van der Waals surface area contributed by atoms with E-state index in [0.29, 0.717) is 43.4 Å². The molecule has 0 saturated carbocycles. The van der Waals surface area contributed by atoms with Crippen molar-refractivity contribution in [3.8, 4) is 11.5 Å². The van der Waals surface area contributed by atoms with Gasteiger partial charge in [-0.1, -0.05) is 29.8 Å². The van der Waals surface area contributed by atoms with Gasteiger partial charge in [0.1, 0.15) is 19.3 Å². The number of carbonyl (C=O) groups excluding carboxylic acids is 1. The van der Waals surface area contributed by atoms with Crippen LogP contribution in [-0.2, 0) is 21.4 Å². The molecule has 168 valence electrons. The van der Waals surface area contributed by atoms with Crippen molar-refractivity contribution in [1.82, 2.24) is 9.62 Å². The van der Waals surface area contributed by atoms with E-state index in [0.717, 1.165) is 11.1 Å². The summed E-state index contributed by atoms with van der Waals surface area (Å²) in [7, 11) is -2.24. The van der Waals surface area contributed by atoms with Crippen molar-refractivity contribution in [2.24, 2.45) is 0 Å². The van der Waals surface area contributed by atoms with E-state index in [1.807, 2.05) is 37.4 Å². The number of fused-ring (bicyclic) bond motifs is 1. The van der Waals surface area contributed by atoms with E-state index in [4.69, 9.17) is 9.47 Å². The van der Waals surface area contributed by atoms with Gasteiger partial charge in [-0.25, -0.2) is 8.42 Å². The fraction of sp³-hybridized carbons (Fsp3) is 0.409. The molecule has 0 fully saturated rings. The van der Waals surface area contributed by atoms with E-state index in [-0.39, 0.29) is 10.8 Å². The monoisotopic (exact) mass is 464 g/mol. The van der Waals surface area contributed by atoms with Gasteiger partial charge in [0.25, 0.3) is 0 Å². The first-order chi connectivity index (χ1) is 14.8. The average molecular weight is 465 g/mol. The van der Waals surface area contributed by atoms with Gasteiger partial charge in [0, 0.05) is 19.7 Å². The second kappa shape index (κ2) is 10.4. The summed E-state index contributed by atoms with van der Waals surface area (Å²) in [5.74, 6) is 1.28. The molecule has 3 rings (SSSR count). The highest BCUT2D eigenvalue weighted by molar-refractivity contribution is 7.98. The molecule has 0 aromatic heterocycles. The number of hydrogen-bond acceptors (Lipinski definition) is 6. The van der Waals surface area contributed by atoms with Gasteiger partial charge in [0.15, 0.2) is 11.5 Å². The summed E-state index contributed by atoms with van der Waals surface area (Å²) in [4.78, 5) is 14.7. The van der Waals surface area contributed by atoms with E-state index in [1.54, 1.807) is 29.8 Å². The van der Waals surface area contributed by atoms with Crippen LogP contribution >= 0.6 is 11.8 Å². The van der Waals surface area contributed by atoms with E-state index < -0.39 is 16.1 Å². The maximum atomic E-state index is 13.1. The van der Waals surface area contributed by atoms with Gasteiger partial charge in [0.05, 0.1) is 4.90 Å². The topological polar surface area (TPSA) is 84.9 Å². The van der Waals surface area contributed by atoms with Gasteiger partial charge in [-0.3, -0.25) is 4.79 Å². The van der Waals surface area contributed by atoms with Crippen LogP contribution in [0.3, 0.4) is 0 Å². The van der Waals surface area contributed by atoms with Crippen LogP contribution in [0.1, 0.15) is 17.5 Å². The molecule has 7 nitrogen and oxygen atoms in total. The van der Waals surface area contributed by atoms with E-state index in [2.05, 4.69) is 4.72 Å². The molecule has 0 radical (unpaired) electrons. The van der Waals surface area contributed by atoms with Gasteiger partial charge >= 0.3 is 0 Å². The largest absolute Gasteiger partial charge is 0.486 e. The number of thioether (sulfide) groups is 1. The van der Waals surface area contributed by atoms with Crippen LogP contribution in [0.2, 0.25) is 0 Å². The summed E-state index contributed by atoms with van der Waals surface area (Å²) in [6.07, 6.45) is 2.31. The normalized spacial score (nSPS) is 14.2. The lowest BCUT2D eigenvalue weighted by molar-refractivity contribution is -0.132. The van der Waals surface area contributed by atoms with Gasteiger partial charge in [-0.15, -0.1) is 0 Å². The van der Waals surface area contributed by atoms with Gasteiger partial charge in [-0.2, -0.15) is 16.5 Å². The first-order valence-electron chi connectivity index (χ1n) is 10.0. The minimum atomic E-state index is -3.92. The number of hydrogen-bond donors (Lipinski definition) is 1. The quantitative estimate of drug-likeness (QED) is 0.614. The Morgan fingerprint density at radius 3 is 2.48 bits per heavy atom. The number of rotatable bonds is 9. The Hall–Kier alpha value is -2.23. The smallest absolute Gasteiger partial charge is 0.241 e. The third-order valence-electron chi connectivity index (χ3n) is 4.95. The second-order valence-corrected chi connectivity index (χ2v) is 10.1. The average Bonchev–Trinajstić information content (AvgIpc) is 2.77. The molecule has 0 spiro atoms.